The highest BCUT2D eigenvalue weighted by atomic mass is 32.1. The molecule has 1 saturated carbocycles. The van der Waals surface area contributed by atoms with Gasteiger partial charge < -0.3 is 11.1 Å². The van der Waals surface area contributed by atoms with Crippen LogP contribution in [0, 0.1) is 18.8 Å². The molecule has 2 rings (SSSR count). The van der Waals surface area contributed by atoms with E-state index in [0.29, 0.717) is 16.9 Å². The van der Waals surface area contributed by atoms with E-state index >= 15 is 0 Å². The maximum absolute atomic E-state index is 5.87. The zero-order valence-electron chi connectivity index (χ0n) is 12.8. The van der Waals surface area contributed by atoms with Gasteiger partial charge in [-0.2, -0.15) is 0 Å². The third kappa shape index (κ3) is 3.32. The summed E-state index contributed by atoms with van der Waals surface area (Å²) in [6.45, 7) is 6.78. The Morgan fingerprint density at radius 1 is 1.30 bits per heavy atom. The van der Waals surface area contributed by atoms with Gasteiger partial charge in [0.1, 0.15) is 4.99 Å². The van der Waals surface area contributed by atoms with Gasteiger partial charge in [-0.25, -0.2) is 0 Å². The van der Waals surface area contributed by atoms with Gasteiger partial charge >= 0.3 is 0 Å². The lowest BCUT2D eigenvalue weighted by Gasteiger charge is -2.36. The Kier molecular flexibility index (Phi) is 5.03. The lowest BCUT2D eigenvalue weighted by atomic mass is 9.77. The molecule has 2 atom stereocenters. The fraction of sp³-hybridized carbons (Fsp3) is 0.588. The molecule has 0 bridgehead atoms. The Bertz CT molecular complexity index is 482. The molecule has 0 saturated heterocycles. The van der Waals surface area contributed by atoms with Crippen LogP contribution in [0.25, 0.3) is 0 Å². The number of thiocarbonyl (C=S) groups is 1. The number of anilines is 1. The molecule has 1 aliphatic carbocycles. The molecule has 1 aromatic rings. The van der Waals surface area contributed by atoms with E-state index in [-0.39, 0.29) is 0 Å². The summed E-state index contributed by atoms with van der Waals surface area (Å²) in [5.74, 6) is 1.45. The highest BCUT2D eigenvalue weighted by Gasteiger charge is 2.28. The number of hydrogen-bond acceptors (Lipinski definition) is 2. The van der Waals surface area contributed by atoms with E-state index in [1.54, 1.807) is 0 Å². The van der Waals surface area contributed by atoms with Crippen molar-refractivity contribution in [3.8, 4) is 0 Å². The number of nitrogens with one attached hydrogen (secondary N) is 1. The number of benzene rings is 1. The minimum Gasteiger partial charge on any atom is -0.389 e. The van der Waals surface area contributed by atoms with Crippen LogP contribution in [0.5, 0.6) is 0 Å². The molecule has 0 aliphatic heterocycles. The zero-order chi connectivity index (χ0) is 14.7. The fourth-order valence-electron chi connectivity index (χ4n) is 3.39. The summed E-state index contributed by atoms with van der Waals surface area (Å²) in [4.78, 5) is 0.480. The van der Waals surface area contributed by atoms with Crippen molar-refractivity contribution < 1.29 is 0 Å². The molecule has 20 heavy (non-hydrogen) atoms. The molecule has 110 valence electrons. The summed E-state index contributed by atoms with van der Waals surface area (Å²) >= 11 is 5.20. The highest BCUT2D eigenvalue weighted by molar-refractivity contribution is 7.80. The van der Waals surface area contributed by atoms with Crippen LogP contribution >= 0.6 is 12.2 Å². The van der Waals surface area contributed by atoms with E-state index in [0.717, 1.165) is 17.2 Å². The van der Waals surface area contributed by atoms with Crippen LogP contribution in [0.4, 0.5) is 5.69 Å². The van der Waals surface area contributed by atoms with Crippen LogP contribution in [0.3, 0.4) is 0 Å². The standard InChI is InChI=1S/C17H26N2S/c1-11(2)13-8-4-5-10-15(13)19-16-12(3)7-6-9-14(16)17(18)20/h6-7,9,11,13,15,19H,4-5,8,10H2,1-3H3,(H2,18,20). The minimum absolute atomic E-state index is 0.480. The van der Waals surface area contributed by atoms with Gasteiger partial charge in [-0.1, -0.05) is 51.0 Å². The monoisotopic (exact) mass is 290 g/mol. The first kappa shape index (κ1) is 15.3. The molecule has 3 N–H and O–H groups in total. The molecule has 0 amide bonds. The smallest absolute Gasteiger partial charge is 0.106 e. The summed E-state index contributed by atoms with van der Waals surface area (Å²) in [6.07, 6.45) is 5.24. The predicted molar refractivity (Wildman–Crippen MR) is 91.3 cm³/mol. The third-order valence-corrected chi connectivity index (χ3v) is 4.76. The van der Waals surface area contributed by atoms with Crippen LogP contribution in [0.1, 0.15) is 50.7 Å². The molecular formula is C17H26N2S. The average molecular weight is 290 g/mol. The molecule has 0 spiro atoms. The van der Waals surface area contributed by atoms with Crippen LogP contribution in [0.15, 0.2) is 18.2 Å². The van der Waals surface area contributed by atoms with Gasteiger partial charge in [0.25, 0.3) is 0 Å². The van der Waals surface area contributed by atoms with Crippen molar-refractivity contribution in [1.82, 2.24) is 0 Å². The second kappa shape index (κ2) is 6.57. The number of nitrogens with two attached hydrogens (primary N) is 1. The van der Waals surface area contributed by atoms with E-state index in [1.807, 2.05) is 12.1 Å². The van der Waals surface area contributed by atoms with Crippen LogP contribution < -0.4 is 11.1 Å². The Hall–Kier alpha value is -1.09. The lowest BCUT2D eigenvalue weighted by molar-refractivity contribution is 0.253. The second-order valence-corrected chi connectivity index (χ2v) is 6.74. The molecule has 2 unspecified atom stereocenters. The van der Waals surface area contributed by atoms with E-state index in [4.69, 9.17) is 18.0 Å². The maximum atomic E-state index is 5.87. The molecule has 0 heterocycles. The largest absolute Gasteiger partial charge is 0.389 e. The first-order chi connectivity index (χ1) is 9.50. The van der Waals surface area contributed by atoms with Crippen LogP contribution in [-0.2, 0) is 0 Å². The lowest BCUT2D eigenvalue weighted by Crippen LogP contribution is -2.36. The average Bonchev–Trinajstić information content (AvgIpc) is 2.41. The summed E-state index contributed by atoms with van der Waals surface area (Å²) in [7, 11) is 0. The molecule has 3 heteroatoms. The number of para-hydroxylation sites is 1. The zero-order valence-corrected chi connectivity index (χ0v) is 13.6. The predicted octanol–water partition coefficient (Wildman–Crippen LogP) is 4.26. The highest BCUT2D eigenvalue weighted by Crippen LogP contribution is 2.33. The quantitative estimate of drug-likeness (QED) is 0.814. The van der Waals surface area contributed by atoms with Crippen molar-refractivity contribution in [2.75, 3.05) is 5.32 Å². The topological polar surface area (TPSA) is 38.0 Å². The summed E-state index contributed by atoms with van der Waals surface area (Å²) in [6, 6.07) is 6.70. The van der Waals surface area contributed by atoms with Gasteiger partial charge in [0.2, 0.25) is 0 Å². The fourth-order valence-corrected chi connectivity index (χ4v) is 3.56. The molecular weight excluding hydrogens is 264 g/mol. The van der Waals surface area contributed by atoms with Gasteiger partial charge in [0, 0.05) is 17.3 Å². The van der Waals surface area contributed by atoms with Gasteiger partial charge in [-0.3, -0.25) is 0 Å². The van der Waals surface area contributed by atoms with Gasteiger partial charge in [0.15, 0.2) is 0 Å². The van der Waals surface area contributed by atoms with Crippen molar-refractivity contribution in [3.63, 3.8) is 0 Å². The summed E-state index contributed by atoms with van der Waals surface area (Å²) in [5.41, 5.74) is 9.22. The van der Waals surface area contributed by atoms with Gasteiger partial charge in [0.05, 0.1) is 0 Å². The first-order valence-electron chi connectivity index (χ1n) is 7.66. The van der Waals surface area contributed by atoms with Crippen molar-refractivity contribution in [3.05, 3.63) is 29.3 Å². The first-order valence-corrected chi connectivity index (χ1v) is 8.07. The Morgan fingerprint density at radius 3 is 2.65 bits per heavy atom. The Morgan fingerprint density at radius 2 is 2.00 bits per heavy atom. The molecule has 2 nitrogen and oxygen atoms in total. The van der Waals surface area contributed by atoms with Crippen molar-refractivity contribution >= 4 is 22.9 Å². The SMILES string of the molecule is Cc1cccc(C(N)=S)c1NC1CCCCC1C(C)C. The Labute approximate surface area is 128 Å². The van der Waals surface area contributed by atoms with Crippen molar-refractivity contribution in [2.45, 2.75) is 52.5 Å². The normalized spacial score (nSPS) is 22.8. The Balaban J connectivity index is 2.26. The maximum Gasteiger partial charge on any atom is 0.106 e. The summed E-state index contributed by atoms with van der Waals surface area (Å²) < 4.78 is 0. The van der Waals surface area contributed by atoms with Crippen LogP contribution in [-0.4, -0.2) is 11.0 Å². The van der Waals surface area contributed by atoms with Crippen molar-refractivity contribution in [1.29, 1.82) is 0 Å². The summed E-state index contributed by atoms with van der Waals surface area (Å²) in [5, 5.41) is 3.76. The van der Waals surface area contributed by atoms with E-state index in [2.05, 4.69) is 32.2 Å². The van der Waals surface area contributed by atoms with E-state index < -0.39 is 0 Å². The van der Waals surface area contributed by atoms with Gasteiger partial charge in [-0.05, 0) is 43.2 Å². The van der Waals surface area contributed by atoms with Gasteiger partial charge in [-0.15, -0.1) is 0 Å². The van der Waals surface area contributed by atoms with Crippen LogP contribution in [0.2, 0.25) is 0 Å². The molecule has 1 aliphatic rings. The third-order valence-electron chi connectivity index (χ3n) is 4.54. The number of rotatable bonds is 4. The number of aryl methyl sites for hydroxylation is 1. The minimum atomic E-state index is 0.480. The number of hydrogen-bond donors (Lipinski definition) is 2. The molecule has 0 aromatic heterocycles. The molecule has 1 aromatic carbocycles. The van der Waals surface area contributed by atoms with E-state index in [1.165, 1.54) is 31.2 Å². The van der Waals surface area contributed by atoms with E-state index in [9.17, 15) is 0 Å². The molecule has 1 fully saturated rings. The molecule has 0 radical (unpaired) electrons. The second-order valence-electron chi connectivity index (χ2n) is 6.30. The van der Waals surface area contributed by atoms with Crippen molar-refractivity contribution in [2.24, 2.45) is 17.6 Å².